The van der Waals surface area contributed by atoms with E-state index in [1.54, 1.807) is 19.9 Å². The van der Waals surface area contributed by atoms with E-state index in [0.29, 0.717) is 4.31 Å². The van der Waals surface area contributed by atoms with Gasteiger partial charge in [-0.2, -0.15) is 12.7 Å². The largest absolute Gasteiger partial charge is 0.481 e. The Morgan fingerprint density at radius 3 is 2.32 bits per heavy atom. The molecule has 2 fully saturated rings. The molecule has 7 rings (SSSR count). The second kappa shape index (κ2) is 14.7. The van der Waals surface area contributed by atoms with E-state index in [0.717, 1.165) is 11.2 Å². The van der Waals surface area contributed by atoms with Crippen molar-refractivity contribution in [2.75, 3.05) is 28.2 Å². The number of hydrogen-bond acceptors (Lipinski definition) is 20. The third-order valence-electron chi connectivity index (χ3n) is 9.49. The lowest BCUT2D eigenvalue weighted by Gasteiger charge is -2.41. The number of ether oxygens (including phenoxy) is 2. The van der Waals surface area contributed by atoms with Crippen molar-refractivity contribution in [2.45, 2.75) is 62.9 Å². The Morgan fingerprint density at radius 1 is 0.965 bits per heavy atom. The molecular weight excluding hydrogens is 832 g/mol. The molecule has 0 spiro atoms. The zero-order valence-electron chi connectivity index (χ0n) is 29.2. The highest BCUT2D eigenvalue weighted by Crippen LogP contribution is 2.61. The number of anilines is 3. The molecule has 312 valence electrons. The Bertz CT molecular complexity index is 2480. The van der Waals surface area contributed by atoms with E-state index in [1.165, 1.54) is 17.0 Å². The summed E-state index contributed by atoms with van der Waals surface area (Å²) in [4.78, 5) is 62.7. The number of epoxide rings is 1. The van der Waals surface area contributed by atoms with Crippen molar-refractivity contribution in [1.82, 2.24) is 29.5 Å². The Balaban J connectivity index is 0.986. The van der Waals surface area contributed by atoms with E-state index in [-0.39, 0.29) is 40.2 Å². The molecule has 30 heteroatoms. The Morgan fingerprint density at radius 2 is 1.63 bits per heavy atom. The molecule has 12 atom stereocenters. The smallest absolute Gasteiger partial charge is 0.388 e. The normalized spacial score (nSPS) is 30.5. The van der Waals surface area contributed by atoms with Crippen LogP contribution in [0.15, 0.2) is 45.8 Å². The van der Waals surface area contributed by atoms with Gasteiger partial charge in [0.25, 0.3) is 5.56 Å². The van der Waals surface area contributed by atoms with Crippen molar-refractivity contribution < 1.29 is 75.1 Å². The summed E-state index contributed by atoms with van der Waals surface area (Å²) < 4.78 is 86.7. The lowest BCUT2D eigenvalue weighted by atomic mass is 9.87. The maximum atomic E-state index is 12.9. The molecule has 3 aromatic rings. The molecule has 0 radical (unpaired) electrons. The van der Waals surface area contributed by atoms with E-state index >= 15 is 0 Å². The van der Waals surface area contributed by atoms with Crippen LogP contribution in [0.5, 0.6) is 0 Å². The summed E-state index contributed by atoms with van der Waals surface area (Å²) >= 11 is 0. The van der Waals surface area contributed by atoms with E-state index in [4.69, 9.17) is 19.7 Å². The standard InChI is InChI=1S/C27H35N9O18P2S/c1-9-3-11-12(4-10(9)2)36(57(47,48)49)16-23(32-27(42)33-24(16)41)35(11)26-20(53-26)17(38)13(37)5-50-55(43,44)54-56(45,46)51-6-14-18(39)19(40)25(52-14)34-8-31-15-21(28)29-7-30-22(15)34/h3-4,7-10,13-14,17-20,25-26,37-40H,5-6H2,1-2H3,(H,43,44)(H,45,46)(H2,28,29,30)(H,47,48,49)(H2,32,33,41,42)/t9?,10-,13?,14-,17?,18-,19-,20-,25-,26+/m1/s1. The van der Waals surface area contributed by atoms with Gasteiger partial charge in [0.1, 0.15) is 54.3 Å². The van der Waals surface area contributed by atoms with Crippen LogP contribution in [0.2, 0.25) is 0 Å². The fourth-order valence-corrected chi connectivity index (χ4v) is 9.38. The molecule has 0 amide bonds. The lowest BCUT2D eigenvalue weighted by Crippen LogP contribution is -2.49. The summed E-state index contributed by atoms with van der Waals surface area (Å²) in [6.07, 6.45) is -7.65. The molecule has 0 saturated carbocycles. The van der Waals surface area contributed by atoms with Crippen molar-refractivity contribution in [3.8, 4) is 0 Å². The average molecular weight is 868 g/mol. The first-order valence-corrected chi connectivity index (χ1v) is 21.0. The van der Waals surface area contributed by atoms with Crippen molar-refractivity contribution in [1.29, 1.82) is 0 Å². The number of imidazole rings is 1. The molecule has 1 aliphatic carbocycles. The number of fused-ring (bicyclic) bond motifs is 3. The minimum atomic E-state index is -5.57. The molecule has 0 aromatic carbocycles. The van der Waals surface area contributed by atoms with Gasteiger partial charge >= 0.3 is 31.6 Å². The maximum Gasteiger partial charge on any atom is 0.481 e. The van der Waals surface area contributed by atoms with Gasteiger partial charge in [-0.05, 0) is 11.8 Å². The van der Waals surface area contributed by atoms with Crippen molar-refractivity contribution in [2.24, 2.45) is 11.8 Å². The van der Waals surface area contributed by atoms with Crippen molar-refractivity contribution >= 4 is 54.4 Å². The zero-order chi connectivity index (χ0) is 41.5. The zero-order valence-corrected chi connectivity index (χ0v) is 31.8. The summed E-state index contributed by atoms with van der Waals surface area (Å²) in [6.45, 7) is 1.31. The van der Waals surface area contributed by atoms with Crippen LogP contribution in [0.4, 0.5) is 17.3 Å². The number of hydrogen-bond donors (Lipinski definition) is 10. The van der Waals surface area contributed by atoms with E-state index in [9.17, 15) is 61.9 Å². The number of aliphatic hydroxyl groups excluding tert-OH is 4. The van der Waals surface area contributed by atoms with Crippen molar-refractivity contribution in [3.63, 3.8) is 0 Å². The number of aromatic amines is 2. The third-order valence-corrected chi connectivity index (χ3v) is 12.9. The number of allylic oxidation sites excluding steroid dienone is 2. The van der Waals surface area contributed by atoms with Crippen LogP contribution in [-0.4, -0.2) is 129 Å². The summed E-state index contributed by atoms with van der Waals surface area (Å²) in [5.74, 6) is -1.03. The number of aromatic nitrogens is 6. The van der Waals surface area contributed by atoms with Crippen LogP contribution >= 0.6 is 15.6 Å². The van der Waals surface area contributed by atoms with Crippen molar-refractivity contribution in [3.05, 3.63) is 57.0 Å². The molecule has 57 heavy (non-hydrogen) atoms. The summed E-state index contributed by atoms with van der Waals surface area (Å²) in [5, 5.41) is 42.7. The Labute approximate surface area is 318 Å². The first-order valence-electron chi connectivity index (χ1n) is 16.6. The highest BCUT2D eigenvalue weighted by molar-refractivity contribution is 7.87. The highest BCUT2D eigenvalue weighted by Gasteiger charge is 2.56. The molecule has 5 unspecified atom stereocenters. The number of nitrogens with two attached hydrogens (primary N) is 1. The molecule has 27 nitrogen and oxygen atoms in total. The fraction of sp³-hybridized carbons (Fsp3) is 0.519. The van der Waals surface area contributed by atoms with Gasteiger partial charge in [-0.3, -0.25) is 37.8 Å². The van der Waals surface area contributed by atoms with E-state index in [1.807, 2.05) is 4.98 Å². The molecular formula is C27H35N9O18P2S. The van der Waals surface area contributed by atoms with E-state index in [2.05, 4.69) is 28.8 Å². The maximum absolute atomic E-state index is 12.9. The van der Waals surface area contributed by atoms with Crippen LogP contribution in [0.1, 0.15) is 20.1 Å². The topological polar surface area (TPSA) is 401 Å². The summed E-state index contributed by atoms with van der Waals surface area (Å²) in [6, 6.07) is 0. The van der Waals surface area contributed by atoms with E-state index < -0.39 is 111 Å². The average Bonchev–Trinajstić information content (AvgIpc) is 3.69. The van der Waals surface area contributed by atoms with Gasteiger partial charge in [-0.25, -0.2) is 33.2 Å². The predicted octanol–water partition coefficient (Wildman–Crippen LogP) is -2.72. The first kappa shape index (κ1) is 41.2. The highest BCUT2D eigenvalue weighted by atomic mass is 32.2. The molecule has 3 aromatic heterocycles. The Hall–Kier alpha value is -3.96. The van der Waals surface area contributed by atoms with Crippen LogP contribution in [0.3, 0.4) is 0 Å². The predicted molar refractivity (Wildman–Crippen MR) is 188 cm³/mol. The molecule has 4 aliphatic rings. The van der Waals surface area contributed by atoms with Crippen LogP contribution < -0.4 is 26.2 Å². The van der Waals surface area contributed by atoms with Gasteiger partial charge in [-0.1, -0.05) is 26.0 Å². The first-order chi connectivity index (χ1) is 26.6. The summed E-state index contributed by atoms with van der Waals surface area (Å²) in [5.41, 5.74) is 2.88. The molecule has 2 saturated heterocycles. The quantitative estimate of drug-likeness (QED) is 0.0474. The van der Waals surface area contributed by atoms with Crippen LogP contribution in [0, 0.1) is 11.8 Å². The fourth-order valence-electron chi connectivity index (χ4n) is 6.48. The van der Waals surface area contributed by atoms with Gasteiger partial charge in [-0.15, -0.1) is 0 Å². The van der Waals surface area contributed by atoms with Gasteiger partial charge < -0.3 is 45.4 Å². The lowest BCUT2D eigenvalue weighted by molar-refractivity contribution is -0.0507. The summed E-state index contributed by atoms with van der Waals surface area (Å²) in [7, 11) is -16.2. The molecule has 0 bridgehead atoms. The van der Waals surface area contributed by atoms with Gasteiger partial charge in [0.15, 0.2) is 29.6 Å². The van der Waals surface area contributed by atoms with Crippen LogP contribution in [-0.2, 0) is 42.3 Å². The number of rotatable bonds is 13. The Kier molecular flexibility index (Phi) is 10.6. The minimum absolute atomic E-state index is 0.0175. The third kappa shape index (κ3) is 7.83. The molecule has 11 N–H and O–H groups in total. The van der Waals surface area contributed by atoms with Gasteiger partial charge in [0.2, 0.25) is 0 Å². The monoisotopic (exact) mass is 867 g/mol. The second-order valence-electron chi connectivity index (χ2n) is 13.3. The SMILES string of the molecule is CC1C=C2C(=C[C@H]1C)N(S(=O)(=O)O)c1c([nH]c(=O)[nH]c1=O)N2[C@H]1O[C@@H]1C(O)C(O)COP(=O)(O)OP(=O)(O)OC[C@H]1O[C@@H](n2cnc3c(N)ncnc32)[C@H](O)[C@@H]1O. The number of nitrogens with one attached hydrogen (secondary N) is 2. The van der Waals surface area contributed by atoms with Crippen LogP contribution in [0.25, 0.3) is 11.2 Å². The number of aliphatic hydroxyl groups is 4. The molecule has 6 heterocycles. The van der Waals surface area contributed by atoms with Gasteiger partial charge in [0, 0.05) is 0 Å². The minimum Gasteiger partial charge on any atom is -0.388 e. The van der Waals surface area contributed by atoms with Gasteiger partial charge in [0.05, 0.1) is 30.9 Å². The number of nitrogens with zero attached hydrogens (tertiary/aromatic N) is 6. The second-order valence-corrected chi connectivity index (χ2v) is 17.6. The number of nitrogen functional groups attached to an aromatic ring is 1. The number of phosphoric ester groups is 2. The number of phosphoric acid groups is 2. The number of H-pyrrole nitrogens is 2. The molecule has 3 aliphatic heterocycles.